The average Bonchev–Trinajstić information content (AvgIpc) is 1.67. The Morgan fingerprint density at radius 2 is 1.21 bits per heavy atom. The van der Waals surface area contributed by atoms with E-state index < -0.39 is 11.6 Å². The van der Waals surface area contributed by atoms with Gasteiger partial charge in [-0.05, 0) is 27.7 Å². The fourth-order valence-corrected chi connectivity index (χ4v) is 6.06. The maximum atomic E-state index is 6.04. The van der Waals surface area contributed by atoms with Gasteiger partial charge in [-0.3, -0.25) is 0 Å². The van der Waals surface area contributed by atoms with Gasteiger partial charge < -0.3 is 14.2 Å². The third-order valence-electron chi connectivity index (χ3n) is 3.16. The summed E-state index contributed by atoms with van der Waals surface area (Å²) in [7, 11) is 0.713. The molecular formula is C10H17O3P. The van der Waals surface area contributed by atoms with Crippen LogP contribution in [0.5, 0.6) is 0 Å². The summed E-state index contributed by atoms with van der Waals surface area (Å²) in [4.78, 5) is 0. The molecule has 4 fully saturated rings. The summed E-state index contributed by atoms with van der Waals surface area (Å²) >= 11 is 0. The molecule has 4 aliphatic rings. The van der Waals surface area contributed by atoms with Crippen molar-refractivity contribution in [2.75, 3.05) is 0 Å². The van der Waals surface area contributed by atoms with Gasteiger partial charge >= 0.3 is 0 Å². The zero-order chi connectivity index (χ0) is 10.2. The first-order chi connectivity index (χ1) is 6.24. The Bertz CT molecular complexity index is 208. The first kappa shape index (κ1) is 9.53. The summed E-state index contributed by atoms with van der Waals surface area (Å²) < 4.78 is 18.0. The van der Waals surface area contributed by atoms with Crippen LogP contribution >= 0.6 is 8.58 Å². The molecule has 4 rings (SSSR count). The summed E-state index contributed by atoms with van der Waals surface area (Å²) in [5.74, 6) is -0.861. The van der Waals surface area contributed by atoms with Crippen LogP contribution < -0.4 is 0 Å². The SMILES string of the molecule is C[C@]12C[C@@]3(C)O[C@](C)(C[C@@](C)(O1)P3)O2. The third-order valence-corrected chi connectivity index (χ3v) is 4.78. The molecule has 4 heterocycles. The van der Waals surface area contributed by atoms with Crippen LogP contribution in [0, 0.1) is 0 Å². The van der Waals surface area contributed by atoms with Gasteiger partial charge in [-0.1, -0.05) is 8.58 Å². The van der Waals surface area contributed by atoms with E-state index in [1.807, 2.05) is 13.8 Å². The highest BCUT2D eigenvalue weighted by atomic mass is 31.1. The highest BCUT2D eigenvalue weighted by molar-refractivity contribution is 7.41. The lowest BCUT2D eigenvalue weighted by atomic mass is 9.98. The lowest BCUT2D eigenvalue weighted by molar-refractivity contribution is -0.467. The van der Waals surface area contributed by atoms with Crippen LogP contribution in [0.15, 0.2) is 0 Å². The molecule has 0 aromatic heterocycles. The molecule has 0 aromatic carbocycles. The zero-order valence-corrected chi connectivity index (χ0v) is 10.1. The van der Waals surface area contributed by atoms with Crippen molar-refractivity contribution in [3.05, 3.63) is 0 Å². The molecule has 14 heavy (non-hydrogen) atoms. The predicted octanol–water partition coefficient (Wildman–Crippen LogP) is 2.40. The van der Waals surface area contributed by atoms with E-state index in [9.17, 15) is 0 Å². The quantitative estimate of drug-likeness (QED) is 0.582. The fourth-order valence-electron chi connectivity index (χ4n) is 3.59. The van der Waals surface area contributed by atoms with E-state index in [4.69, 9.17) is 14.2 Å². The van der Waals surface area contributed by atoms with E-state index in [2.05, 4.69) is 13.8 Å². The molecule has 3 nitrogen and oxygen atoms in total. The highest BCUT2D eigenvalue weighted by Gasteiger charge is 2.66. The van der Waals surface area contributed by atoms with Crippen LogP contribution in [0.25, 0.3) is 0 Å². The van der Waals surface area contributed by atoms with Gasteiger partial charge in [0.05, 0.1) is 10.7 Å². The van der Waals surface area contributed by atoms with E-state index in [1.165, 1.54) is 0 Å². The van der Waals surface area contributed by atoms with Crippen molar-refractivity contribution < 1.29 is 14.2 Å². The van der Waals surface area contributed by atoms with Gasteiger partial charge in [-0.2, -0.15) is 0 Å². The summed E-state index contributed by atoms with van der Waals surface area (Å²) in [6, 6.07) is 0. The Morgan fingerprint density at radius 3 is 1.57 bits per heavy atom. The number of ether oxygens (including phenoxy) is 3. The van der Waals surface area contributed by atoms with Crippen molar-refractivity contribution in [1.29, 1.82) is 0 Å². The molecule has 4 aliphatic heterocycles. The van der Waals surface area contributed by atoms with Crippen LogP contribution in [0.3, 0.4) is 0 Å². The monoisotopic (exact) mass is 216 g/mol. The van der Waals surface area contributed by atoms with Crippen molar-refractivity contribution in [2.45, 2.75) is 62.8 Å². The second-order valence-corrected chi connectivity index (χ2v) is 7.88. The second-order valence-electron chi connectivity index (χ2n) is 5.51. The summed E-state index contributed by atoms with van der Waals surface area (Å²) in [6.07, 6.45) is 1.70. The van der Waals surface area contributed by atoms with Crippen molar-refractivity contribution in [1.82, 2.24) is 0 Å². The molecule has 0 unspecified atom stereocenters. The Labute approximate surface area is 86.3 Å². The fraction of sp³-hybridized carbons (Fsp3) is 1.00. The van der Waals surface area contributed by atoms with Crippen LogP contribution in [-0.4, -0.2) is 22.3 Å². The number of hydrogen-bond acceptors (Lipinski definition) is 3. The van der Waals surface area contributed by atoms with E-state index in [-0.39, 0.29) is 10.7 Å². The molecule has 0 N–H and O–H groups in total. The first-order valence-electron chi connectivity index (χ1n) is 5.14. The lowest BCUT2D eigenvalue weighted by Gasteiger charge is -2.66. The maximum absolute atomic E-state index is 6.04. The zero-order valence-electron chi connectivity index (χ0n) is 9.14. The largest absolute Gasteiger partial charge is 0.339 e. The van der Waals surface area contributed by atoms with Crippen LogP contribution in [0.2, 0.25) is 0 Å². The van der Waals surface area contributed by atoms with E-state index in [1.54, 1.807) is 0 Å². The van der Waals surface area contributed by atoms with Gasteiger partial charge in [-0.25, -0.2) is 0 Å². The smallest absolute Gasteiger partial charge is 0.173 e. The van der Waals surface area contributed by atoms with Gasteiger partial charge in [0.1, 0.15) is 0 Å². The second kappa shape index (κ2) is 2.20. The summed E-state index contributed by atoms with van der Waals surface area (Å²) in [6.45, 7) is 8.44. The van der Waals surface area contributed by atoms with Gasteiger partial charge in [0.15, 0.2) is 11.6 Å². The molecular weight excluding hydrogens is 199 g/mol. The van der Waals surface area contributed by atoms with Crippen molar-refractivity contribution in [3.8, 4) is 0 Å². The standard InChI is InChI=1S/C10H17O3P/c1-7-5-9(3)13-8(2,11-7)6-10(4,12-7)14-9/h14H,5-6H2,1-4H3/t7-,8-,9+,10+/m1/s1. The van der Waals surface area contributed by atoms with Gasteiger partial charge in [0.2, 0.25) is 0 Å². The first-order valence-corrected chi connectivity index (χ1v) is 6.14. The highest BCUT2D eigenvalue weighted by Crippen LogP contribution is 2.67. The molecule has 0 aliphatic carbocycles. The topological polar surface area (TPSA) is 27.7 Å². The Balaban J connectivity index is 2.08. The minimum atomic E-state index is -0.431. The normalized spacial score (nSPS) is 67.7. The molecule has 0 saturated carbocycles. The molecule has 0 radical (unpaired) electrons. The van der Waals surface area contributed by atoms with Gasteiger partial charge in [-0.15, -0.1) is 0 Å². The van der Waals surface area contributed by atoms with Crippen molar-refractivity contribution >= 4 is 8.58 Å². The molecule has 80 valence electrons. The van der Waals surface area contributed by atoms with Crippen LogP contribution in [0.1, 0.15) is 40.5 Å². The van der Waals surface area contributed by atoms with E-state index >= 15 is 0 Å². The van der Waals surface area contributed by atoms with E-state index in [0.29, 0.717) is 8.58 Å². The predicted molar refractivity (Wildman–Crippen MR) is 54.4 cm³/mol. The minimum absolute atomic E-state index is 0.0347. The van der Waals surface area contributed by atoms with Gasteiger partial charge in [0.25, 0.3) is 0 Å². The molecule has 4 atom stereocenters. The molecule has 4 bridgehead atoms. The minimum Gasteiger partial charge on any atom is -0.339 e. The third kappa shape index (κ3) is 1.19. The average molecular weight is 216 g/mol. The lowest BCUT2D eigenvalue weighted by Crippen LogP contribution is -2.69. The molecule has 0 amide bonds. The van der Waals surface area contributed by atoms with Crippen LogP contribution in [-0.2, 0) is 14.2 Å². The van der Waals surface area contributed by atoms with E-state index in [0.717, 1.165) is 12.8 Å². The maximum Gasteiger partial charge on any atom is 0.173 e. The summed E-state index contributed by atoms with van der Waals surface area (Å²) in [5, 5.41) is -0.0694. The van der Waals surface area contributed by atoms with Crippen molar-refractivity contribution in [3.63, 3.8) is 0 Å². The summed E-state index contributed by atoms with van der Waals surface area (Å²) in [5.41, 5.74) is 0. The van der Waals surface area contributed by atoms with Crippen molar-refractivity contribution in [2.24, 2.45) is 0 Å². The number of rotatable bonds is 0. The molecule has 4 saturated heterocycles. The molecule has 0 aromatic rings. The molecule has 0 spiro atoms. The number of hydrogen-bond donors (Lipinski definition) is 0. The Hall–Kier alpha value is 0.310. The Kier molecular flexibility index (Phi) is 1.49. The van der Waals surface area contributed by atoms with Crippen LogP contribution in [0.4, 0.5) is 0 Å². The Morgan fingerprint density at radius 1 is 0.786 bits per heavy atom. The molecule has 4 heteroatoms. The van der Waals surface area contributed by atoms with Gasteiger partial charge in [0, 0.05) is 12.8 Å².